The number of hydrogen-bond acceptors (Lipinski definition) is 0. The second-order valence-electron chi connectivity index (χ2n) is 3.89. The van der Waals surface area contributed by atoms with E-state index in [9.17, 15) is 0 Å². The van der Waals surface area contributed by atoms with Crippen LogP contribution in [0.3, 0.4) is 0 Å². The third kappa shape index (κ3) is 0.909. The van der Waals surface area contributed by atoms with E-state index in [1.54, 1.807) is 0 Å². The van der Waals surface area contributed by atoms with E-state index in [1.807, 2.05) is 0 Å². The van der Waals surface area contributed by atoms with Gasteiger partial charge in [-0.25, -0.2) is 0 Å². The highest BCUT2D eigenvalue weighted by Crippen LogP contribution is 2.52. The van der Waals surface area contributed by atoms with E-state index in [-0.39, 0.29) is 0 Å². The molecule has 0 saturated heterocycles. The van der Waals surface area contributed by atoms with E-state index in [1.165, 1.54) is 6.42 Å². The molecule has 50 valence electrons. The van der Waals surface area contributed by atoms with Crippen molar-refractivity contribution < 1.29 is 0 Å². The van der Waals surface area contributed by atoms with Gasteiger partial charge in [0.05, 0.1) is 7.85 Å². The van der Waals surface area contributed by atoms with Gasteiger partial charge in [-0.2, -0.15) is 0 Å². The van der Waals surface area contributed by atoms with Crippen LogP contribution < -0.4 is 0 Å². The molecule has 0 bridgehead atoms. The summed E-state index contributed by atoms with van der Waals surface area (Å²) in [6.45, 7) is 6.95. The van der Waals surface area contributed by atoms with Crippen molar-refractivity contribution in [3.8, 4) is 0 Å². The Morgan fingerprint density at radius 2 is 2.11 bits per heavy atom. The molecule has 0 N–H and O–H groups in total. The van der Waals surface area contributed by atoms with Crippen LogP contribution in [0.1, 0.15) is 27.2 Å². The molecule has 0 aromatic heterocycles. The standard InChI is InChI=1S/C8H15B/c1-6-4-7(5-9)8(6,2)3/h6-7H,4-5H2,1-3H3. The molecule has 1 aliphatic rings. The SMILES string of the molecule is [B]CC1CC(C)C1(C)C. The summed E-state index contributed by atoms with van der Waals surface area (Å²) >= 11 is 0. The van der Waals surface area contributed by atoms with Gasteiger partial charge in [-0.05, 0) is 23.7 Å². The summed E-state index contributed by atoms with van der Waals surface area (Å²) in [4.78, 5) is 0. The van der Waals surface area contributed by atoms with Crippen molar-refractivity contribution in [1.82, 2.24) is 0 Å². The Morgan fingerprint density at radius 1 is 1.56 bits per heavy atom. The highest BCUT2D eigenvalue weighted by molar-refractivity contribution is 6.08. The predicted octanol–water partition coefficient (Wildman–Crippen LogP) is 2.26. The van der Waals surface area contributed by atoms with E-state index in [0.29, 0.717) is 5.41 Å². The fourth-order valence-corrected chi connectivity index (χ4v) is 1.68. The van der Waals surface area contributed by atoms with Gasteiger partial charge >= 0.3 is 0 Å². The molecule has 0 amide bonds. The molecule has 1 rings (SSSR count). The number of hydrogen-bond donors (Lipinski definition) is 0. The summed E-state index contributed by atoms with van der Waals surface area (Å²) in [6, 6.07) is 0. The van der Waals surface area contributed by atoms with E-state index < -0.39 is 0 Å². The van der Waals surface area contributed by atoms with Gasteiger partial charge in [0.1, 0.15) is 0 Å². The van der Waals surface area contributed by atoms with Crippen molar-refractivity contribution in [3.63, 3.8) is 0 Å². The van der Waals surface area contributed by atoms with Crippen molar-refractivity contribution in [2.45, 2.75) is 33.5 Å². The van der Waals surface area contributed by atoms with Crippen LogP contribution in [0, 0.1) is 17.3 Å². The molecule has 1 fully saturated rings. The zero-order valence-electron chi connectivity index (χ0n) is 6.65. The minimum absolute atomic E-state index is 0.523. The fraction of sp³-hybridized carbons (Fsp3) is 1.00. The lowest BCUT2D eigenvalue weighted by Crippen LogP contribution is -2.42. The smallest absolute Gasteiger partial charge is 0.0657 e. The minimum atomic E-state index is 0.523. The minimum Gasteiger partial charge on any atom is -0.0854 e. The molecule has 0 aliphatic heterocycles. The molecule has 0 spiro atoms. The van der Waals surface area contributed by atoms with Gasteiger partial charge in [-0.1, -0.05) is 27.1 Å². The Labute approximate surface area is 59.4 Å². The highest BCUT2D eigenvalue weighted by atomic mass is 14.5. The summed E-state index contributed by atoms with van der Waals surface area (Å²) in [5.41, 5.74) is 0.523. The molecule has 0 aromatic carbocycles. The molecule has 2 atom stereocenters. The summed E-state index contributed by atoms with van der Waals surface area (Å²) in [5, 5.41) is 0. The first kappa shape index (κ1) is 7.18. The summed E-state index contributed by atoms with van der Waals surface area (Å²) in [6.07, 6.45) is 2.21. The van der Waals surface area contributed by atoms with E-state index in [0.717, 1.165) is 18.2 Å². The lowest BCUT2D eigenvalue weighted by atomic mass is 9.52. The van der Waals surface area contributed by atoms with Crippen LogP contribution in [0.4, 0.5) is 0 Å². The Bertz CT molecular complexity index is 107. The Kier molecular flexibility index (Phi) is 1.62. The third-order valence-corrected chi connectivity index (χ3v) is 3.24. The molecular formula is C8H15B. The van der Waals surface area contributed by atoms with Gasteiger partial charge in [0.25, 0.3) is 0 Å². The van der Waals surface area contributed by atoms with Gasteiger partial charge in [-0.15, -0.1) is 0 Å². The first-order valence-corrected chi connectivity index (χ1v) is 3.79. The average molecular weight is 122 g/mol. The fourth-order valence-electron chi connectivity index (χ4n) is 1.68. The zero-order valence-corrected chi connectivity index (χ0v) is 6.65. The van der Waals surface area contributed by atoms with Crippen LogP contribution in [0.5, 0.6) is 0 Å². The van der Waals surface area contributed by atoms with Crippen LogP contribution in [0.2, 0.25) is 6.32 Å². The lowest BCUT2D eigenvalue weighted by Gasteiger charge is -2.51. The van der Waals surface area contributed by atoms with E-state index in [4.69, 9.17) is 7.85 Å². The second kappa shape index (κ2) is 2.03. The van der Waals surface area contributed by atoms with Crippen molar-refractivity contribution in [3.05, 3.63) is 0 Å². The normalized spacial score (nSPS) is 39.9. The van der Waals surface area contributed by atoms with Gasteiger partial charge < -0.3 is 0 Å². The topological polar surface area (TPSA) is 0 Å². The first-order chi connectivity index (χ1) is 4.09. The van der Waals surface area contributed by atoms with E-state index in [2.05, 4.69) is 20.8 Å². The van der Waals surface area contributed by atoms with Gasteiger partial charge in [-0.3, -0.25) is 0 Å². The molecule has 1 aliphatic carbocycles. The summed E-state index contributed by atoms with van der Waals surface area (Å²) in [7, 11) is 5.57. The first-order valence-electron chi connectivity index (χ1n) is 3.79. The van der Waals surface area contributed by atoms with Crippen molar-refractivity contribution >= 4 is 7.85 Å². The van der Waals surface area contributed by atoms with Crippen molar-refractivity contribution in [2.75, 3.05) is 0 Å². The van der Waals surface area contributed by atoms with Gasteiger partial charge in [0, 0.05) is 0 Å². The predicted molar refractivity (Wildman–Crippen MR) is 41.6 cm³/mol. The Hall–Kier alpha value is 0.0649. The van der Waals surface area contributed by atoms with Crippen LogP contribution in [-0.2, 0) is 0 Å². The van der Waals surface area contributed by atoms with Crippen LogP contribution in [0.25, 0.3) is 0 Å². The van der Waals surface area contributed by atoms with E-state index >= 15 is 0 Å². The highest BCUT2D eigenvalue weighted by Gasteiger charge is 2.43. The molecule has 2 radical (unpaired) electrons. The lowest BCUT2D eigenvalue weighted by molar-refractivity contribution is 0.00620. The monoisotopic (exact) mass is 122 g/mol. The quantitative estimate of drug-likeness (QED) is 0.468. The summed E-state index contributed by atoms with van der Waals surface area (Å²) in [5.74, 6) is 1.67. The van der Waals surface area contributed by atoms with Crippen LogP contribution in [0.15, 0.2) is 0 Å². The number of rotatable bonds is 1. The zero-order chi connectivity index (χ0) is 7.07. The molecule has 0 nitrogen and oxygen atoms in total. The molecule has 2 unspecified atom stereocenters. The maximum absolute atomic E-state index is 5.57. The molecule has 1 saturated carbocycles. The van der Waals surface area contributed by atoms with Crippen LogP contribution in [-0.4, -0.2) is 7.85 Å². The Morgan fingerprint density at radius 3 is 2.22 bits per heavy atom. The largest absolute Gasteiger partial charge is 0.0854 e. The molecule has 0 heterocycles. The molecule has 0 aromatic rings. The maximum Gasteiger partial charge on any atom is 0.0657 e. The van der Waals surface area contributed by atoms with Crippen LogP contribution >= 0.6 is 0 Å². The van der Waals surface area contributed by atoms with Crippen molar-refractivity contribution in [2.24, 2.45) is 17.3 Å². The second-order valence-corrected chi connectivity index (χ2v) is 3.89. The van der Waals surface area contributed by atoms with Crippen molar-refractivity contribution in [1.29, 1.82) is 0 Å². The average Bonchev–Trinajstić information content (AvgIpc) is 1.82. The molecular weight excluding hydrogens is 107 g/mol. The summed E-state index contributed by atoms with van der Waals surface area (Å²) < 4.78 is 0. The Balaban J connectivity index is 2.48. The van der Waals surface area contributed by atoms with Gasteiger partial charge in [0.2, 0.25) is 0 Å². The van der Waals surface area contributed by atoms with Gasteiger partial charge in [0.15, 0.2) is 0 Å². The molecule has 1 heteroatoms. The maximum atomic E-state index is 5.57. The molecule has 9 heavy (non-hydrogen) atoms. The third-order valence-electron chi connectivity index (χ3n) is 3.24.